The molecule has 4 aliphatic rings. The highest BCUT2D eigenvalue weighted by atomic mass is 35.5. The second kappa shape index (κ2) is 16.3. The molecule has 0 bridgehead atoms. The first-order chi connectivity index (χ1) is 28.3. The second-order valence-electron chi connectivity index (χ2n) is 16.4. The van der Waals surface area contributed by atoms with E-state index < -0.39 is 11.6 Å². The molecule has 4 aromatic heterocycles. The molecule has 1 unspecified atom stereocenters. The summed E-state index contributed by atoms with van der Waals surface area (Å²) in [7, 11) is 3.87. The van der Waals surface area contributed by atoms with Gasteiger partial charge in [-0.25, -0.2) is 14.8 Å². The average Bonchev–Trinajstić information content (AvgIpc) is 3.89. The lowest BCUT2D eigenvalue weighted by molar-refractivity contribution is -0.818. The van der Waals surface area contributed by atoms with Crippen molar-refractivity contribution in [3.8, 4) is 0 Å². The molecular weight excluding hydrogens is 793 g/mol. The van der Waals surface area contributed by atoms with Gasteiger partial charge in [-0.15, -0.1) is 0 Å². The normalized spacial score (nSPS) is 20.5. The zero-order valence-electron chi connectivity index (χ0n) is 33.7. The number of nitrogens with zero attached hydrogens (tertiary/aromatic N) is 9. The van der Waals surface area contributed by atoms with Crippen LogP contribution in [-0.2, 0) is 14.4 Å². The monoisotopic (exact) mass is 842 g/mol. The summed E-state index contributed by atoms with van der Waals surface area (Å²) >= 11 is 13.8. The van der Waals surface area contributed by atoms with Crippen molar-refractivity contribution in [1.29, 1.82) is 0 Å². The number of allylic oxidation sites excluding steroid dienone is 2. The molecule has 3 amide bonds. The van der Waals surface area contributed by atoms with Gasteiger partial charge in [0, 0.05) is 71.0 Å². The molecule has 16 nitrogen and oxygen atoms in total. The molecule has 59 heavy (non-hydrogen) atoms. The van der Waals surface area contributed by atoms with Crippen LogP contribution in [0.25, 0.3) is 0 Å². The third-order valence-electron chi connectivity index (χ3n) is 12.0. The number of carbonyl (C=O) groups excluding carboxylic acids is 3. The Morgan fingerprint density at radius 1 is 0.763 bits per heavy atom. The maximum Gasteiger partial charge on any atom is 0.325 e. The zero-order valence-corrected chi connectivity index (χ0v) is 35.2. The third kappa shape index (κ3) is 8.52. The number of aromatic nitrogens is 6. The van der Waals surface area contributed by atoms with Crippen molar-refractivity contribution in [2.24, 2.45) is 5.92 Å². The standard InChI is InChI=1S/C41H50Cl2N13O3/c1-26(57)52-13-7-31(8-14-52)54-24-29(20-46-54)48-37-18-35(33(42)22-44-37)50-41(12-5-6-28-11-17-56(3,4)40(59)39(28)41)51-36-19-38(45-23-34(36)43)49-30-21-47-55(25-30)32-9-15-53(16-10-32)27(2)58/h5-6,12,18-25,31-32,39H,7-11,13-17H2,1-4H3,(H2,44,48,50)(H2,45,49,51)/q+1. The number of quaternary nitrogens is 1. The van der Waals surface area contributed by atoms with Crippen molar-refractivity contribution in [3.05, 3.63) is 83.2 Å². The molecular formula is C41H50Cl2N13O3+. The molecule has 3 aliphatic heterocycles. The van der Waals surface area contributed by atoms with Crippen LogP contribution in [0.4, 0.5) is 34.4 Å². The topological polar surface area (TPSA) is 167 Å². The predicted molar refractivity (Wildman–Crippen MR) is 228 cm³/mol. The van der Waals surface area contributed by atoms with Crippen LogP contribution >= 0.6 is 23.2 Å². The number of carbonyl (C=O) groups is 3. The van der Waals surface area contributed by atoms with Crippen LogP contribution in [0.1, 0.15) is 58.0 Å². The summed E-state index contributed by atoms with van der Waals surface area (Å²) < 4.78 is 4.08. The van der Waals surface area contributed by atoms with Gasteiger partial charge in [0.1, 0.15) is 23.2 Å². The van der Waals surface area contributed by atoms with Crippen LogP contribution < -0.4 is 21.3 Å². The number of nitrogens with one attached hydrogen (secondary N) is 4. The number of piperidine rings is 3. The predicted octanol–water partition coefficient (Wildman–Crippen LogP) is 6.37. The van der Waals surface area contributed by atoms with Crippen LogP contribution in [0.5, 0.6) is 0 Å². The van der Waals surface area contributed by atoms with Gasteiger partial charge in [-0.3, -0.25) is 23.4 Å². The van der Waals surface area contributed by atoms with Crippen LogP contribution in [0.3, 0.4) is 0 Å². The highest BCUT2D eigenvalue weighted by Crippen LogP contribution is 2.43. The van der Waals surface area contributed by atoms with E-state index in [0.29, 0.717) is 65.8 Å². The van der Waals surface area contributed by atoms with Crippen molar-refractivity contribution >= 4 is 75.3 Å². The Hall–Kier alpha value is -5.45. The Labute approximate surface area is 353 Å². The molecule has 0 saturated carbocycles. The number of rotatable bonds is 10. The minimum atomic E-state index is -1.21. The van der Waals surface area contributed by atoms with Gasteiger partial charge in [0.15, 0.2) is 0 Å². The van der Waals surface area contributed by atoms with Gasteiger partial charge in [0.25, 0.3) is 0 Å². The zero-order chi connectivity index (χ0) is 41.5. The van der Waals surface area contributed by atoms with E-state index in [1.807, 2.05) is 76.0 Å². The summed E-state index contributed by atoms with van der Waals surface area (Å²) in [5.41, 5.74) is 2.38. The molecule has 1 atom stereocenters. The van der Waals surface area contributed by atoms with E-state index >= 15 is 0 Å². The number of hydrogen-bond donors (Lipinski definition) is 4. The van der Waals surface area contributed by atoms with Crippen LogP contribution in [0, 0.1) is 5.92 Å². The van der Waals surface area contributed by atoms with Gasteiger partial charge in [-0.2, -0.15) is 10.2 Å². The minimum Gasteiger partial charge on any atom is -0.357 e. The van der Waals surface area contributed by atoms with Gasteiger partial charge in [0.2, 0.25) is 11.8 Å². The number of fused-ring (bicyclic) bond motifs is 1. The molecule has 7 heterocycles. The highest BCUT2D eigenvalue weighted by Gasteiger charge is 2.54. The SMILES string of the molecule is CC(=O)N1CCC(n2cc(Nc3cc(NC4(Nc5cc(Nc6cnn(C7CCN(C(C)=O)CC7)c6)ncc5Cl)C=CC=C5CC[N+](C)(C)C(=O)C54)c(Cl)cn3)cn2)CC1. The summed E-state index contributed by atoms with van der Waals surface area (Å²) in [4.78, 5) is 51.0. The first kappa shape index (κ1) is 40.3. The molecule has 3 fully saturated rings. The third-order valence-corrected chi connectivity index (χ3v) is 12.6. The van der Waals surface area contributed by atoms with E-state index in [1.165, 1.54) is 0 Å². The van der Waals surface area contributed by atoms with Crippen LogP contribution in [0.2, 0.25) is 10.0 Å². The fourth-order valence-corrected chi connectivity index (χ4v) is 8.86. The maximum absolute atomic E-state index is 14.5. The number of amides is 3. The molecule has 4 N–H and O–H groups in total. The lowest BCUT2D eigenvalue weighted by Gasteiger charge is -2.47. The molecule has 3 saturated heterocycles. The van der Waals surface area contributed by atoms with Crippen molar-refractivity contribution in [1.82, 2.24) is 39.3 Å². The number of hydrogen-bond acceptors (Lipinski definition) is 11. The maximum atomic E-state index is 14.5. The Bertz CT molecular complexity index is 2180. The van der Waals surface area contributed by atoms with Crippen LogP contribution in [0.15, 0.2) is 73.1 Å². The summed E-state index contributed by atoms with van der Waals surface area (Å²) in [6, 6.07) is 4.01. The first-order valence-corrected chi connectivity index (χ1v) is 20.8. The van der Waals surface area contributed by atoms with Crippen molar-refractivity contribution in [2.75, 3.05) is 68.1 Å². The molecule has 4 aromatic rings. The van der Waals surface area contributed by atoms with Crippen molar-refractivity contribution < 1.29 is 18.9 Å². The van der Waals surface area contributed by atoms with Gasteiger partial charge in [-0.1, -0.05) is 35.4 Å². The number of pyridine rings is 2. The second-order valence-corrected chi connectivity index (χ2v) is 17.2. The molecule has 1 aliphatic carbocycles. The molecule has 0 spiro atoms. The number of halogens is 2. The Kier molecular flexibility index (Phi) is 11.1. The Balaban J connectivity index is 1.05. The van der Waals surface area contributed by atoms with E-state index in [9.17, 15) is 14.4 Å². The average molecular weight is 844 g/mol. The van der Waals surface area contributed by atoms with E-state index in [-0.39, 0.29) is 34.3 Å². The Morgan fingerprint density at radius 3 is 1.69 bits per heavy atom. The fraction of sp³-hybridized carbons (Fsp3) is 0.439. The summed E-state index contributed by atoms with van der Waals surface area (Å²) in [6.07, 6.45) is 20.5. The quantitative estimate of drug-likeness (QED) is 0.104. The van der Waals surface area contributed by atoms with Crippen LogP contribution in [-0.4, -0.2) is 114 Å². The lowest BCUT2D eigenvalue weighted by atomic mass is 9.76. The van der Waals surface area contributed by atoms with Gasteiger partial charge >= 0.3 is 5.91 Å². The lowest BCUT2D eigenvalue weighted by Crippen LogP contribution is -2.64. The van der Waals surface area contributed by atoms with E-state index in [4.69, 9.17) is 23.2 Å². The van der Waals surface area contributed by atoms with Crippen molar-refractivity contribution in [3.63, 3.8) is 0 Å². The number of anilines is 6. The smallest absolute Gasteiger partial charge is 0.325 e. The van der Waals surface area contributed by atoms with Gasteiger partial charge in [0.05, 0.1) is 90.3 Å². The molecule has 0 radical (unpaired) electrons. The summed E-state index contributed by atoms with van der Waals surface area (Å²) in [5, 5.41) is 24.0. The highest BCUT2D eigenvalue weighted by molar-refractivity contribution is 6.33. The number of likely N-dealkylation sites (tertiary alicyclic amines) is 3. The summed E-state index contributed by atoms with van der Waals surface area (Å²) in [5.74, 6) is 0.647. The van der Waals surface area contributed by atoms with Gasteiger partial charge in [-0.05, 0) is 37.3 Å². The fourth-order valence-electron chi connectivity index (χ4n) is 8.56. The van der Waals surface area contributed by atoms with E-state index in [1.54, 1.807) is 38.6 Å². The summed E-state index contributed by atoms with van der Waals surface area (Å²) in [6.45, 7) is 6.70. The molecule has 0 aromatic carbocycles. The van der Waals surface area contributed by atoms with E-state index in [0.717, 1.165) is 49.1 Å². The molecule has 310 valence electrons. The van der Waals surface area contributed by atoms with Gasteiger partial charge < -0.3 is 31.1 Å². The largest absolute Gasteiger partial charge is 0.357 e. The first-order valence-electron chi connectivity index (χ1n) is 20.0. The van der Waals surface area contributed by atoms with Crippen molar-refractivity contribution in [2.45, 2.75) is 63.7 Å². The Morgan fingerprint density at radius 2 is 1.24 bits per heavy atom. The minimum absolute atomic E-state index is 0.0296. The molecule has 18 heteroatoms. The van der Waals surface area contributed by atoms with E-state index in [2.05, 4.69) is 41.4 Å². The molecule has 8 rings (SSSR count).